The average molecular weight is 178 g/mol. The van der Waals surface area contributed by atoms with Crippen LogP contribution >= 0.6 is 0 Å². The van der Waals surface area contributed by atoms with Crippen molar-refractivity contribution in [2.75, 3.05) is 6.67 Å². The molecule has 0 spiro atoms. The van der Waals surface area contributed by atoms with Gasteiger partial charge in [0.1, 0.15) is 0 Å². The topological polar surface area (TPSA) is 52.0 Å². The summed E-state index contributed by atoms with van der Waals surface area (Å²) in [6.45, 7) is 0.250. The predicted octanol–water partition coefficient (Wildman–Crippen LogP) is 1.82. The highest BCUT2D eigenvalue weighted by molar-refractivity contribution is 5.20. The molecule has 4 N–H and O–H groups in total. The third-order valence-corrected chi connectivity index (χ3v) is 2.38. The molecule has 2 heteroatoms. The Hall–Kier alpha value is -0.860. The number of hydrogen-bond donors (Lipinski definition) is 2. The fraction of sp³-hybridized carbons (Fsp3) is 0.455. The van der Waals surface area contributed by atoms with Crippen molar-refractivity contribution in [2.24, 2.45) is 11.5 Å². The molecule has 1 aliphatic carbocycles. The molecule has 1 saturated carbocycles. The maximum atomic E-state index is 4.62. The zero-order valence-corrected chi connectivity index (χ0v) is 7.95. The van der Waals surface area contributed by atoms with E-state index in [2.05, 4.69) is 41.8 Å². The smallest absolute Gasteiger partial charge is 0.0403 e. The molecule has 0 heterocycles. The summed E-state index contributed by atoms with van der Waals surface area (Å²) in [6.07, 6.45) is 4.24. The number of nitrogens with two attached hydrogens (primary N) is 2. The standard InChI is InChI=1S/C10H12.CH6N2/c1-2-5-9(6-3-1)10-7-4-8-10;2-1-3/h1-3,5-6,10H,4,7-8H2;1-3H2. The molecule has 0 unspecified atom stereocenters. The largest absolute Gasteiger partial charge is 0.319 e. The maximum Gasteiger partial charge on any atom is 0.0403 e. The van der Waals surface area contributed by atoms with E-state index in [1.165, 1.54) is 24.8 Å². The first-order valence-electron chi connectivity index (χ1n) is 4.83. The van der Waals surface area contributed by atoms with Crippen molar-refractivity contribution in [1.82, 2.24) is 0 Å². The lowest BCUT2D eigenvalue weighted by Crippen LogP contribution is -2.08. The molecule has 0 radical (unpaired) electrons. The Morgan fingerprint density at radius 2 is 1.62 bits per heavy atom. The van der Waals surface area contributed by atoms with Gasteiger partial charge >= 0.3 is 0 Å². The highest BCUT2D eigenvalue weighted by Crippen LogP contribution is 2.35. The van der Waals surface area contributed by atoms with E-state index in [0.717, 1.165) is 5.92 Å². The number of hydrogen-bond acceptors (Lipinski definition) is 2. The van der Waals surface area contributed by atoms with E-state index in [1.807, 2.05) is 0 Å². The van der Waals surface area contributed by atoms with Crippen LogP contribution in [0.1, 0.15) is 30.7 Å². The highest BCUT2D eigenvalue weighted by Gasteiger charge is 2.18. The minimum absolute atomic E-state index is 0.250. The van der Waals surface area contributed by atoms with Gasteiger partial charge in [0.05, 0.1) is 0 Å². The summed E-state index contributed by atoms with van der Waals surface area (Å²) in [6, 6.07) is 10.8. The quantitative estimate of drug-likeness (QED) is 0.644. The van der Waals surface area contributed by atoms with Gasteiger partial charge < -0.3 is 11.5 Å². The SMILES string of the molecule is NCN.c1ccc(C2CCC2)cc1. The fourth-order valence-corrected chi connectivity index (χ4v) is 1.47. The van der Waals surface area contributed by atoms with E-state index in [-0.39, 0.29) is 6.67 Å². The minimum atomic E-state index is 0.250. The van der Waals surface area contributed by atoms with Gasteiger partial charge in [0.2, 0.25) is 0 Å². The van der Waals surface area contributed by atoms with Crippen molar-refractivity contribution in [1.29, 1.82) is 0 Å². The molecule has 0 atom stereocenters. The summed E-state index contributed by atoms with van der Waals surface area (Å²) in [5.41, 5.74) is 10.8. The number of benzene rings is 1. The van der Waals surface area contributed by atoms with Gasteiger partial charge in [0.25, 0.3) is 0 Å². The summed E-state index contributed by atoms with van der Waals surface area (Å²) in [5.74, 6) is 0.890. The van der Waals surface area contributed by atoms with Crippen LogP contribution in [0.15, 0.2) is 30.3 Å². The Labute approximate surface area is 79.9 Å². The van der Waals surface area contributed by atoms with Crippen LogP contribution in [0.2, 0.25) is 0 Å². The molecule has 1 fully saturated rings. The second kappa shape index (κ2) is 5.73. The Balaban J connectivity index is 0.000000251. The van der Waals surface area contributed by atoms with Crippen molar-refractivity contribution in [3.8, 4) is 0 Å². The molecular weight excluding hydrogens is 160 g/mol. The lowest BCUT2D eigenvalue weighted by atomic mass is 9.80. The Kier molecular flexibility index (Phi) is 4.50. The molecule has 72 valence electrons. The minimum Gasteiger partial charge on any atom is -0.319 e. The van der Waals surface area contributed by atoms with Crippen LogP contribution in [0.25, 0.3) is 0 Å². The summed E-state index contributed by atoms with van der Waals surface area (Å²) in [4.78, 5) is 0. The van der Waals surface area contributed by atoms with Gasteiger partial charge in [0.15, 0.2) is 0 Å². The third-order valence-electron chi connectivity index (χ3n) is 2.38. The normalized spacial score (nSPS) is 15.5. The van der Waals surface area contributed by atoms with Gasteiger partial charge in [-0.1, -0.05) is 36.8 Å². The van der Waals surface area contributed by atoms with Crippen LogP contribution in [0.5, 0.6) is 0 Å². The lowest BCUT2D eigenvalue weighted by molar-refractivity contribution is 0.420. The summed E-state index contributed by atoms with van der Waals surface area (Å²) < 4.78 is 0. The Bertz CT molecular complexity index is 217. The van der Waals surface area contributed by atoms with E-state index >= 15 is 0 Å². The first-order chi connectivity index (χ1) is 6.38. The Morgan fingerprint density at radius 1 is 1.08 bits per heavy atom. The van der Waals surface area contributed by atoms with Crippen LogP contribution in [0, 0.1) is 0 Å². The molecule has 0 aliphatic heterocycles. The van der Waals surface area contributed by atoms with E-state index in [9.17, 15) is 0 Å². The van der Waals surface area contributed by atoms with Crippen LogP contribution in [-0.2, 0) is 0 Å². The third kappa shape index (κ3) is 3.17. The van der Waals surface area contributed by atoms with Crippen LogP contribution in [0.4, 0.5) is 0 Å². The average Bonchev–Trinajstić information content (AvgIpc) is 2.04. The molecule has 0 saturated heterocycles. The molecule has 2 nitrogen and oxygen atoms in total. The van der Waals surface area contributed by atoms with E-state index in [1.54, 1.807) is 0 Å². The molecule has 2 rings (SSSR count). The summed E-state index contributed by atoms with van der Waals surface area (Å²) in [7, 11) is 0. The Morgan fingerprint density at radius 3 is 2.00 bits per heavy atom. The second-order valence-electron chi connectivity index (χ2n) is 3.27. The molecule has 0 amide bonds. The van der Waals surface area contributed by atoms with Crippen molar-refractivity contribution < 1.29 is 0 Å². The molecule has 1 aliphatic rings. The molecule has 13 heavy (non-hydrogen) atoms. The van der Waals surface area contributed by atoms with Crippen molar-refractivity contribution in [3.05, 3.63) is 35.9 Å². The highest BCUT2D eigenvalue weighted by atomic mass is 14.7. The summed E-state index contributed by atoms with van der Waals surface area (Å²) >= 11 is 0. The van der Waals surface area contributed by atoms with Gasteiger partial charge in [-0.05, 0) is 24.3 Å². The van der Waals surface area contributed by atoms with E-state index in [0.29, 0.717) is 0 Å². The molecule has 0 bridgehead atoms. The van der Waals surface area contributed by atoms with E-state index < -0.39 is 0 Å². The fourth-order valence-electron chi connectivity index (χ4n) is 1.47. The first kappa shape index (κ1) is 10.2. The van der Waals surface area contributed by atoms with Gasteiger partial charge in [-0.25, -0.2) is 0 Å². The van der Waals surface area contributed by atoms with Crippen molar-refractivity contribution in [3.63, 3.8) is 0 Å². The second-order valence-corrected chi connectivity index (χ2v) is 3.27. The maximum absolute atomic E-state index is 4.62. The predicted molar refractivity (Wildman–Crippen MR) is 56.3 cm³/mol. The van der Waals surface area contributed by atoms with Gasteiger partial charge in [0, 0.05) is 6.67 Å². The van der Waals surface area contributed by atoms with Gasteiger partial charge in [-0.15, -0.1) is 0 Å². The molecule has 0 aromatic heterocycles. The van der Waals surface area contributed by atoms with Gasteiger partial charge in [-0.2, -0.15) is 0 Å². The van der Waals surface area contributed by atoms with Crippen molar-refractivity contribution in [2.45, 2.75) is 25.2 Å². The van der Waals surface area contributed by atoms with Crippen LogP contribution < -0.4 is 11.5 Å². The molecule has 1 aromatic rings. The van der Waals surface area contributed by atoms with Crippen LogP contribution in [0.3, 0.4) is 0 Å². The van der Waals surface area contributed by atoms with E-state index in [4.69, 9.17) is 0 Å². The molecule has 1 aromatic carbocycles. The summed E-state index contributed by atoms with van der Waals surface area (Å²) in [5, 5.41) is 0. The first-order valence-corrected chi connectivity index (χ1v) is 4.83. The van der Waals surface area contributed by atoms with Gasteiger partial charge in [-0.3, -0.25) is 0 Å². The van der Waals surface area contributed by atoms with Crippen LogP contribution in [-0.4, -0.2) is 6.67 Å². The number of rotatable bonds is 1. The lowest BCUT2D eigenvalue weighted by Gasteiger charge is -2.25. The zero-order chi connectivity index (χ0) is 9.52. The molecular formula is C11H18N2. The monoisotopic (exact) mass is 178 g/mol. The van der Waals surface area contributed by atoms with Crippen molar-refractivity contribution >= 4 is 0 Å². The zero-order valence-electron chi connectivity index (χ0n) is 7.95.